The first-order chi connectivity index (χ1) is 11.4. The van der Waals surface area contributed by atoms with Crippen molar-refractivity contribution in [2.24, 2.45) is 0 Å². The fraction of sp³-hybridized carbons (Fsp3) is 0.368. The van der Waals surface area contributed by atoms with Crippen molar-refractivity contribution in [1.82, 2.24) is 4.90 Å². The Bertz CT molecular complexity index is 705. The summed E-state index contributed by atoms with van der Waals surface area (Å²) in [6, 6.07) is 11.6. The van der Waals surface area contributed by atoms with Gasteiger partial charge in [0.25, 0.3) is 0 Å². The molecule has 0 spiro atoms. The van der Waals surface area contributed by atoms with Gasteiger partial charge in [-0.25, -0.2) is 4.79 Å². The summed E-state index contributed by atoms with van der Waals surface area (Å²) in [5.41, 5.74) is 1.53. The molecule has 2 aromatic rings. The fourth-order valence-corrected chi connectivity index (χ4v) is 2.57. The molecular weight excluding hydrogens is 306 g/mol. The van der Waals surface area contributed by atoms with Gasteiger partial charge in [-0.05, 0) is 24.5 Å². The predicted octanol–water partition coefficient (Wildman–Crippen LogP) is 3.53. The van der Waals surface area contributed by atoms with Gasteiger partial charge in [0.05, 0.1) is 13.7 Å². The molecule has 0 saturated carbocycles. The lowest BCUT2D eigenvalue weighted by molar-refractivity contribution is -0.131. The highest BCUT2D eigenvalue weighted by Gasteiger charge is 2.19. The van der Waals surface area contributed by atoms with E-state index in [0.29, 0.717) is 30.0 Å². The number of hydrogen-bond donors (Lipinski definition) is 0. The quantitative estimate of drug-likeness (QED) is 0.761. The van der Waals surface area contributed by atoms with Crippen LogP contribution in [0.15, 0.2) is 40.8 Å². The Morgan fingerprint density at radius 2 is 1.92 bits per heavy atom. The molecule has 1 unspecified atom stereocenters. The Balaban J connectivity index is 1.98. The van der Waals surface area contributed by atoms with Crippen LogP contribution in [0.3, 0.4) is 0 Å². The second-order valence-corrected chi connectivity index (χ2v) is 5.94. The molecule has 128 valence electrons. The highest BCUT2D eigenvalue weighted by atomic mass is 16.5. The lowest BCUT2D eigenvalue weighted by atomic mass is 9.97. The van der Waals surface area contributed by atoms with Crippen LogP contribution < -0.4 is 0 Å². The van der Waals surface area contributed by atoms with Gasteiger partial charge in [-0.1, -0.05) is 37.3 Å². The van der Waals surface area contributed by atoms with E-state index in [0.717, 1.165) is 5.56 Å². The van der Waals surface area contributed by atoms with Gasteiger partial charge in [-0.15, -0.1) is 0 Å². The van der Waals surface area contributed by atoms with Crippen LogP contribution in [-0.4, -0.2) is 30.9 Å². The number of hydrogen-bond acceptors (Lipinski definition) is 4. The number of esters is 1. The minimum Gasteiger partial charge on any atom is -0.465 e. The second kappa shape index (κ2) is 7.81. The molecule has 1 amide bonds. The predicted molar refractivity (Wildman–Crippen MR) is 90.7 cm³/mol. The summed E-state index contributed by atoms with van der Waals surface area (Å²) < 4.78 is 10.3. The second-order valence-electron chi connectivity index (χ2n) is 5.94. The third-order valence-corrected chi connectivity index (χ3v) is 4.04. The zero-order valence-corrected chi connectivity index (χ0v) is 14.5. The summed E-state index contributed by atoms with van der Waals surface area (Å²) in [5.74, 6) is 0.797. The first-order valence-corrected chi connectivity index (χ1v) is 7.89. The van der Waals surface area contributed by atoms with Crippen molar-refractivity contribution in [3.8, 4) is 0 Å². The molecule has 1 atom stereocenters. The molecule has 1 aromatic heterocycles. The van der Waals surface area contributed by atoms with Gasteiger partial charge in [0.2, 0.25) is 5.91 Å². The molecule has 0 saturated heterocycles. The van der Waals surface area contributed by atoms with Crippen molar-refractivity contribution >= 4 is 11.9 Å². The van der Waals surface area contributed by atoms with Gasteiger partial charge in [0.15, 0.2) is 0 Å². The van der Waals surface area contributed by atoms with Crippen LogP contribution in [0.25, 0.3) is 0 Å². The smallest absolute Gasteiger partial charge is 0.341 e. The minimum atomic E-state index is -0.436. The summed E-state index contributed by atoms with van der Waals surface area (Å²) in [6.45, 7) is 4.06. The van der Waals surface area contributed by atoms with Crippen LogP contribution in [0.5, 0.6) is 0 Å². The molecule has 24 heavy (non-hydrogen) atoms. The number of benzene rings is 1. The number of amides is 1. The summed E-state index contributed by atoms with van der Waals surface area (Å²) in [7, 11) is 3.06. The number of nitrogens with zero attached hydrogens (tertiary/aromatic N) is 1. The molecule has 1 aromatic carbocycles. The van der Waals surface area contributed by atoms with Gasteiger partial charge in [0.1, 0.15) is 17.1 Å². The zero-order valence-electron chi connectivity index (χ0n) is 14.5. The maximum Gasteiger partial charge on any atom is 0.341 e. The molecule has 0 aliphatic carbocycles. The van der Waals surface area contributed by atoms with Crippen LogP contribution in [0.2, 0.25) is 0 Å². The molecule has 0 fully saturated rings. The van der Waals surface area contributed by atoms with E-state index in [9.17, 15) is 9.59 Å². The fourth-order valence-electron chi connectivity index (χ4n) is 2.57. The first-order valence-electron chi connectivity index (χ1n) is 7.89. The number of carbonyl (C=O) groups is 2. The van der Waals surface area contributed by atoms with Gasteiger partial charge in [0, 0.05) is 13.5 Å². The summed E-state index contributed by atoms with van der Waals surface area (Å²) >= 11 is 0. The maximum atomic E-state index is 12.4. The third kappa shape index (κ3) is 4.25. The standard InChI is InChI=1S/C19H23NO4/c1-13(15-8-6-5-7-9-15)10-18(21)20(3)12-16-11-17(14(2)24-16)19(22)23-4/h5-9,11,13H,10,12H2,1-4H3. The van der Waals surface area contributed by atoms with Gasteiger partial charge in [-0.2, -0.15) is 0 Å². The Morgan fingerprint density at radius 1 is 1.25 bits per heavy atom. The van der Waals surface area contributed by atoms with Crippen LogP contribution in [0.4, 0.5) is 0 Å². The molecule has 2 rings (SSSR count). The number of carbonyl (C=O) groups excluding carboxylic acids is 2. The number of ether oxygens (including phenoxy) is 1. The number of rotatable bonds is 6. The molecule has 5 heteroatoms. The average Bonchev–Trinajstić information content (AvgIpc) is 2.95. The SMILES string of the molecule is COC(=O)c1cc(CN(C)C(=O)CC(C)c2ccccc2)oc1C. The van der Waals surface area contributed by atoms with E-state index in [2.05, 4.69) is 0 Å². The van der Waals surface area contributed by atoms with Crippen LogP contribution in [0.1, 0.15) is 46.7 Å². The van der Waals surface area contributed by atoms with Crippen molar-refractivity contribution < 1.29 is 18.7 Å². The van der Waals surface area contributed by atoms with Gasteiger partial charge < -0.3 is 14.1 Å². The van der Waals surface area contributed by atoms with E-state index in [1.165, 1.54) is 7.11 Å². The highest BCUT2D eigenvalue weighted by molar-refractivity contribution is 5.90. The summed E-state index contributed by atoms with van der Waals surface area (Å²) in [4.78, 5) is 25.6. The normalized spacial score (nSPS) is 11.8. The van der Waals surface area contributed by atoms with E-state index in [4.69, 9.17) is 9.15 Å². The Labute approximate surface area is 142 Å². The summed E-state index contributed by atoms with van der Waals surface area (Å²) in [5, 5.41) is 0. The Hall–Kier alpha value is -2.56. The molecule has 0 bridgehead atoms. The van der Waals surface area contributed by atoms with Crippen molar-refractivity contribution in [3.63, 3.8) is 0 Å². The zero-order chi connectivity index (χ0) is 17.7. The van der Waals surface area contributed by atoms with E-state index in [1.54, 1.807) is 24.9 Å². The van der Waals surface area contributed by atoms with E-state index < -0.39 is 5.97 Å². The highest BCUT2D eigenvalue weighted by Crippen LogP contribution is 2.21. The van der Waals surface area contributed by atoms with Crippen LogP contribution in [-0.2, 0) is 16.1 Å². The monoisotopic (exact) mass is 329 g/mol. The number of furan rings is 1. The number of aryl methyl sites for hydroxylation is 1. The van der Waals surface area contributed by atoms with Crippen molar-refractivity contribution in [3.05, 3.63) is 59.0 Å². The lowest BCUT2D eigenvalue weighted by Crippen LogP contribution is -2.27. The molecule has 0 aliphatic heterocycles. The van der Waals surface area contributed by atoms with Crippen molar-refractivity contribution in [2.75, 3.05) is 14.2 Å². The largest absolute Gasteiger partial charge is 0.465 e. The third-order valence-electron chi connectivity index (χ3n) is 4.04. The van der Waals surface area contributed by atoms with E-state index in [1.807, 2.05) is 37.3 Å². The summed E-state index contributed by atoms with van der Waals surface area (Å²) in [6.07, 6.45) is 0.421. The molecule has 0 aliphatic rings. The molecule has 0 radical (unpaired) electrons. The lowest BCUT2D eigenvalue weighted by Gasteiger charge is -2.19. The maximum absolute atomic E-state index is 12.4. The van der Waals surface area contributed by atoms with Crippen molar-refractivity contribution in [2.45, 2.75) is 32.7 Å². The van der Waals surface area contributed by atoms with Gasteiger partial charge in [-0.3, -0.25) is 4.79 Å². The van der Waals surface area contributed by atoms with Crippen molar-refractivity contribution in [1.29, 1.82) is 0 Å². The van der Waals surface area contributed by atoms with Crippen LogP contribution >= 0.6 is 0 Å². The molecule has 1 heterocycles. The Morgan fingerprint density at radius 3 is 2.54 bits per heavy atom. The molecule has 5 nitrogen and oxygen atoms in total. The van der Waals surface area contributed by atoms with Crippen LogP contribution in [0, 0.1) is 6.92 Å². The Kier molecular flexibility index (Phi) is 5.79. The molecular formula is C19H23NO4. The van der Waals surface area contributed by atoms with Gasteiger partial charge >= 0.3 is 5.97 Å². The first kappa shape index (κ1) is 17.8. The molecule has 0 N–H and O–H groups in total. The van der Waals surface area contributed by atoms with E-state index in [-0.39, 0.29) is 11.8 Å². The number of methoxy groups -OCH3 is 1. The minimum absolute atomic E-state index is 0.0278. The average molecular weight is 329 g/mol. The topological polar surface area (TPSA) is 59.8 Å². The van der Waals surface area contributed by atoms with E-state index >= 15 is 0 Å².